The van der Waals surface area contributed by atoms with Crippen molar-refractivity contribution in [2.24, 2.45) is 0 Å². The third-order valence-corrected chi connectivity index (χ3v) is 4.01. The molecule has 0 bridgehead atoms. The largest absolute Gasteiger partial charge is 0.416 e. The van der Waals surface area contributed by atoms with Gasteiger partial charge < -0.3 is 10.6 Å². The number of carbonyl (C=O) groups excluding carboxylic acids is 1. The number of carbonyl (C=O) groups is 1. The first-order valence-corrected chi connectivity index (χ1v) is 7.13. The summed E-state index contributed by atoms with van der Waals surface area (Å²) in [6, 6.07) is 2.25. The SMILES string of the molecule is CCC(=O)NCc1cc(C(F)(F)F)cc2c1NC(C)S2. The molecule has 1 heterocycles. The molecule has 110 valence electrons. The van der Waals surface area contributed by atoms with Crippen molar-refractivity contribution < 1.29 is 18.0 Å². The number of rotatable bonds is 3. The second-order valence-corrected chi connectivity index (χ2v) is 5.92. The zero-order valence-electron chi connectivity index (χ0n) is 11.1. The Morgan fingerprint density at radius 3 is 2.75 bits per heavy atom. The van der Waals surface area contributed by atoms with Crippen LogP contribution in [0.25, 0.3) is 0 Å². The molecule has 1 aromatic rings. The van der Waals surface area contributed by atoms with E-state index in [0.717, 1.165) is 12.1 Å². The van der Waals surface area contributed by atoms with Gasteiger partial charge in [-0.15, -0.1) is 0 Å². The standard InChI is InChI=1S/C13H15F3N2OS/c1-3-11(19)17-6-8-4-9(13(14,15)16)5-10-12(8)18-7(2)20-10/h4-5,7,18H,3,6H2,1-2H3,(H,17,19). The number of thioether (sulfide) groups is 1. The van der Waals surface area contributed by atoms with E-state index in [9.17, 15) is 18.0 Å². The molecule has 2 rings (SSSR count). The maximum absolute atomic E-state index is 12.9. The maximum atomic E-state index is 12.9. The molecular weight excluding hydrogens is 289 g/mol. The van der Waals surface area contributed by atoms with Gasteiger partial charge >= 0.3 is 6.18 Å². The summed E-state index contributed by atoms with van der Waals surface area (Å²) in [7, 11) is 0. The summed E-state index contributed by atoms with van der Waals surface area (Å²) in [5, 5.41) is 5.77. The quantitative estimate of drug-likeness (QED) is 0.896. The molecule has 0 spiro atoms. The summed E-state index contributed by atoms with van der Waals surface area (Å²) in [5.74, 6) is -0.185. The number of nitrogens with one attached hydrogen (secondary N) is 2. The molecule has 0 aliphatic carbocycles. The molecule has 1 atom stereocenters. The smallest absolute Gasteiger partial charge is 0.372 e. The Hall–Kier alpha value is -1.37. The van der Waals surface area contributed by atoms with Crippen LogP contribution in [0.2, 0.25) is 0 Å². The monoisotopic (exact) mass is 304 g/mol. The summed E-state index contributed by atoms with van der Waals surface area (Å²) in [6.07, 6.45) is -4.08. The molecule has 0 aromatic heterocycles. The molecule has 0 fully saturated rings. The van der Waals surface area contributed by atoms with Crippen LogP contribution >= 0.6 is 11.8 Å². The van der Waals surface area contributed by atoms with Gasteiger partial charge in [0.1, 0.15) is 0 Å². The van der Waals surface area contributed by atoms with E-state index in [1.54, 1.807) is 6.92 Å². The fraction of sp³-hybridized carbons (Fsp3) is 0.462. The van der Waals surface area contributed by atoms with E-state index in [1.165, 1.54) is 11.8 Å². The zero-order valence-corrected chi connectivity index (χ0v) is 11.9. The molecule has 1 aromatic carbocycles. The van der Waals surface area contributed by atoms with Crippen molar-refractivity contribution in [1.82, 2.24) is 5.32 Å². The lowest BCUT2D eigenvalue weighted by Crippen LogP contribution is -2.22. The van der Waals surface area contributed by atoms with E-state index >= 15 is 0 Å². The third kappa shape index (κ3) is 3.20. The van der Waals surface area contributed by atoms with Gasteiger partial charge in [-0.2, -0.15) is 13.2 Å². The van der Waals surface area contributed by atoms with Crippen molar-refractivity contribution in [3.05, 3.63) is 23.3 Å². The highest BCUT2D eigenvalue weighted by Gasteiger charge is 2.33. The summed E-state index contributed by atoms with van der Waals surface area (Å²) in [6.45, 7) is 3.67. The summed E-state index contributed by atoms with van der Waals surface area (Å²) in [5.41, 5.74) is 0.473. The molecular formula is C13H15F3N2OS. The van der Waals surface area contributed by atoms with Gasteiger partial charge in [-0.3, -0.25) is 4.79 Å². The Morgan fingerprint density at radius 2 is 2.15 bits per heavy atom. The zero-order chi connectivity index (χ0) is 14.9. The third-order valence-electron chi connectivity index (χ3n) is 2.96. The van der Waals surface area contributed by atoms with Crippen molar-refractivity contribution in [2.75, 3.05) is 5.32 Å². The minimum atomic E-state index is -4.38. The van der Waals surface area contributed by atoms with E-state index in [1.807, 2.05) is 6.92 Å². The minimum absolute atomic E-state index is 0.0223. The van der Waals surface area contributed by atoms with Gasteiger partial charge in [0.15, 0.2) is 0 Å². The van der Waals surface area contributed by atoms with Crippen LogP contribution in [0.15, 0.2) is 17.0 Å². The molecule has 0 radical (unpaired) electrons. The van der Waals surface area contributed by atoms with Crippen molar-refractivity contribution in [1.29, 1.82) is 0 Å². The predicted octanol–water partition coefficient (Wildman–Crippen LogP) is 3.60. The van der Waals surface area contributed by atoms with E-state index in [4.69, 9.17) is 0 Å². The first kappa shape index (κ1) is 15.0. The maximum Gasteiger partial charge on any atom is 0.416 e. The molecule has 1 aliphatic rings. The average Bonchev–Trinajstić information content (AvgIpc) is 2.74. The minimum Gasteiger partial charge on any atom is -0.372 e. The Labute approximate surface area is 119 Å². The average molecular weight is 304 g/mol. The van der Waals surface area contributed by atoms with Gasteiger partial charge in [-0.05, 0) is 24.6 Å². The van der Waals surface area contributed by atoms with Crippen LogP contribution in [0.3, 0.4) is 0 Å². The van der Waals surface area contributed by atoms with E-state index in [-0.39, 0.29) is 17.8 Å². The Kier molecular flexibility index (Phi) is 4.17. The normalized spacial score (nSPS) is 17.6. The van der Waals surface area contributed by atoms with Gasteiger partial charge in [0.05, 0.1) is 16.6 Å². The van der Waals surface area contributed by atoms with Gasteiger partial charge in [0.2, 0.25) is 5.91 Å². The molecule has 7 heteroatoms. The second kappa shape index (κ2) is 5.55. The number of alkyl halides is 3. The summed E-state index contributed by atoms with van der Waals surface area (Å²) >= 11 is 1.35. The highest BCUT2D eigenvalue weighted by Crippen LogP contribution is 2.44. The van der Waals surface area contributed by atoms with Crippen LogP contribution in [0.5, 0.6) is 0 Å². The van der Waals surface area contributed by atoms with E-state index in [2.05, 4.69) is 10.6 Å². The highest BCUT2D eigenvalue weighted by molar-refractivity contribution is 8.00. The number of hydrogen-bond donors (Lipinski definition) is 2. The Bertz CT molecular complexity index is 531. The topological polar surface area (TPSA) is 41.1 Å². The van der Waals surface area contributed by atoms with Crippen LogP contribution in [-0.4, -0.2) is 11.3 Å². The van der Waals surface area contributed by atoms with Gasteiger partial charge in [-0.1, -0.05) is 18.7 Å². The molecule has 2 N–H and O–H groups in total. The molecule has 1 aliphatic heterocycles. The fourth-order valence-electron chi connectivity index (χ4n) is 1.98. The van der Waals surface area contributed by atoms with Gasteiger partial charge in [0.25, 0.3) is 0 Å². The number of anilines is 1. The predicted molar refractivity (Wildman–Crippen MR) is 72.5 cm³/mol. The number of halogens is 3. The molecule has 1 amide bonds. The fourth-order valence-corrected chi connectivity index (χ4v) is 3.04. The van der Waals surface area contributed by atoms with Gasteiger partial charge in [0, 0.05) is 17.9 Å². The molecule has 0 saturated carbocycles. The van der Waals surface area contributed by atoms with Crippen molar-refractivity contribution in [3.63, 3.8) is 0 Å². The summed E-state index contributed by atoms with van der Waals surface area (Å²) in [4.78, 5) is 11.8. The van der Waals surface area contributed by atoms with E-state index in [0.29, 0.717) is 22.6 Å². The van der Waals surface area contributed by atoms with Crippen LogP contribution < -0.4 is 10.6 Å². The Morgan fingerprint density at radius 1 is 1.45 bits per heavy atom. The molecule has 3 nitrogen and oxygen atoms in total. The molecule has 20 heavy (non-hydrogen) atoms. The number of fused-ring (bicyclic) bond motifs is 1. The Balaban J connectivity index is 2.34. The number of benzene rings is 1. The highest BCUT2D eigenvalue weighted by atomic mass is 32.2. The van der Waals surface area contributed by atoms with Crippen molar-refractivity contribution in [2.45, 2.75) is 43.3 Å². The lowest BCUT2D eigenvalue weighted by atomic mass is 10.1. The summed E-state index contributed by atoms with van der Waals surface area (Å²) < 4.78 is 38.6. The van der Waals surface area contributed by atoms with Crippen LogP contribution in [-0.2, 0) is 17.5 Å². The van der Waals surface area contributed by atoms with Crippen LogP contribution in [0.1, 0.15) is 31.4 Å². The lowest BCUT2D eigenvalue weighted by molar-refractivity contribution is -0.137. The molecule has 0 saturated heterocycles. The van der Waals surface area contributed by atoms with Gasteiger partial charge in [-0.25, -0.2) is 0 Å². The van der Waals surface area contributed by atoms with Crippen molar-refractivity contribution >= 4 is 23.4 Å². The second-order valence-electron chi connectivity index (χ2n) is 4.54. The van der Waals surface area contributed by atoms with Crippen LogP contribution in [0, 0.1) is 0 Å². The lowest BCUT2D eigenvalue weighted by Gasteiger charge is -2.14. The number of amides is 1. The van der Waals surface area contributed by atoms with E-state index < -0.39 is 11.7 Å². The van der Waals surface area contributed by atoms with Crippen LogP contribution in [0.4, 0.5) is 18.9 Å². The first-order valence-electron chi connectivity index (χ1n) is 6.25. The number of hydrogen-bond acceptors (Lipinski definition) is 3. The molecule has 1 unspecified atom stereocenters. The van der Waals surface area contributed by atoms with Crippen molar-refractivity contribution in [3.8, 4) is 0 Å². The first-order chi connectivity index (χ1) is 9.31.